The van der Waals surface area contributed by atoms with Crippen molar-refractivity contribution in [3.8, 4) is 34.5 Å². The van der Waals surface area contributed by atoms with E-state index in [9.17, 15) is 9.59 Å². The van der Waals surface area contributed by atoms with E-state index in [2.05, 4.69) is 0 Å². The van der Waals surface area contributed by atoms with Gasteiger partial charge in [-0.15, -0.1) is 0 Å². The summed E-state index contributed by atoms with van der Waals surface area (Å²) in [5, 5.41) is 0. The number of allylic oxidation sites excluding steroid dienone is 1. The second-order valence-corrected chi connectivity index (χ2v) is 8.25. The lowest BCUT2D eigenvalue weighted by molar-refractivity contribution is -0.135. The number of methoxy groups -OCH3 is 2. The van der Waals surface area contributed by atoms with Gasteiger partial charge in [-0.2, -0.15) is 0 Å². The van der Waals surface area contributed by atoms with Crippen molar-refractivity contribution >= 4 is 17.8 Å². The average molecular weight is 472 g/mol. The van der Waals surface area contributed by atoms with Gasteiger partial charge in [0.25, 0.3) is 0 Å². The number of rotatable bonds is 4. The van der Waals surface area contributed by atoms with Gasteiger partial charge in [0.05, 0.1) is 26.2 Å². The number of hydrogen-bond donors (Lipinski definition) is 0. The van der Waals surface area contributed by atoms with Crippen molar-refractivity contribution in [2.24, 2.45) is 0 Å². The lowest BCUT2D eigenvalue weighted by Crippen LogP contribution is -2.21. The number of carbonyl (C=O) groups excluding carboxylic acids is 2. The smallest absolute Gasteiger partial charge is 0.312 e. The predicted octanol–water partition coefficient (Wildman–Crippen LogP) is 4.49. The molecule has 0 fully saturated rings. The Kier molecular flexibility index (Phi) is 4.88. The molecule has 1 unspecified atom stereocenters. The van der Waals surface area contributed by atoms with Gasteiger partial charge in [0.15, 0.2) is 17.3 Å². The third-order valence-electron chi connectivity index (χ3n) is 6.31. The molecule has 3 aromatic carbocycles. The van der Waals surface area contributed by atoms with Gasteiger partial charge in [0, 0.05) is 23.1 Å². The van der Waals surface area contributed by atoms with E-state index in [0.717, 1.165) is 5.56 Å². The SMILES string of the molecule is COc1ccc(/C=C2\Oc3c(ccc4c3C(c3ccc5c(c3)OCO5)CC(=O)O4)C2=O)c(OC)c1. The largest absolute Gasteiger partial charge is 0.497 e. The maximum atomic E-state index is 13.3. The van der Waals surface area contributed by atoms with E-state index in [0.29, 0.717) is 51.2 Å². The molecule has 3 aliphatic heterocycles. The molecule has 3 heterocycles. The molecule has 8 nitrogen and oxygen atoms in total. The number of Topliss-reactive ketones (excluding diaryl/α,β-unsaturated/α-hetero) is 1. The summed E-state index contributed by atoms with van der Waals surface area (Å²) >= 11 is 0. The van der Waals surface area contributed by atoms with Gasteiger partial charge >= 0.3 is 5.97 Å². The molecule has 8 heteroatoms. The number of carbonyl (C=O) groups is 2. The van der Waals surface area contributed by atoms with Crippen LogP contribution in [0, 0.1) is 0 Å². The topological polar surface area (TPSA) is 89.5 Å². The summed E-state index contributed by atoms with van der Waals surface area (Å²) in [6.07, 6.45) is 1.74. The number of benzene rings is 3. The number of ketones is 1. The van der Waals surface area contributed by atoms with E-state index in [1.165, 1.54) is 0 Å². The van der Waals surface area contributed by atoms with E-state index >= 15 is 0 Å². The molecular formula is C27H20O8. The highest BCUT2D eigenvalue weighted by molar-refractivity contribution is 6.15. The molecule has 3 aliphatic rings. The zero-order valence-electron chi connectivity index (χ0n) is 19.0. The monoisotopic (exact) mass is 472 g/mol. The summed E-state index contributed by atoms with van der Waals surface area (Å²) in [5.41, 5.74) is 2.56. The van der Waals surface area contributed by atoms with Gasteiger partial charge in [0.2, 0.25) is 12.6 Å². The molecule has 0 radical (unpaired) electrons. The maximum absolute atomic E-state index is 13.3. The highest BCUT2D eigenvalue weighted by Gasteiger charge is 2.39. The van der Waals surface area contributed by atoms with Crippen LogP contribution in [-0.4, -0.2) is 32.8 Å². The van der Waals surface area contributed by atoms with E-state index in [1.54, 1.807) is 50.6 Å². The quantitative estimate of drug-likeness (QED) is 0.312. The van der Waals surface area contributed by atoms with Gasteiger partial charge in [-0.25, -0.2) is 0 Å². The second-order valence-electron chi connectivity index (χ2n) is 8.25. The van der Waals surface area contributed by atoms with Crippen LogP contribution in [0.4, 0.5) is 0 Å². The van der Waals surface area contributed by atoms with Crippen LogP contribution in [0.25, 0.3) is 6.08 Å². The standard InChI is InChI=1S/C27H20O8/c1-30-16-5-3-15(21(11-16)31-2)10-23-26(29)17-6-8-20-25(27(17)35-23)18(12-24(28)34-20)14-4-7-19-22(9-14)33-13-32-19/h3-11,18H,12-13H2,1-2H3/b23-10-. The number of hydrogen-bond acceptors (Lipinski definition) is 8. The van der Waals surface area contributed by atoms with Crippen molar-refractivity contribution in [2.75, 3.05) is 21.0 Å². The average Bonchev–Trinajstić information content (AvgIpc) is 3.47. The van der Waals surface area contributed by atoms with E-state index in [-0.39, 0.29) is 36.6 Å². The molecule has 3 aromatic rings. The van der Waals surface area contributed by atoms with Gasteiger partial charge in [0.1, 0.15) is 23.0 Å². The number of esters is 1. The molecule has 35 heavy (non-hydrogen) atoms. The molecule has 0 amide bonds. The van der Waals surface area contributed by atoms with Crippen LogP contribution in [0.5, 0.6) is 34.5 Å². The molecule has 6 rings (SSSR count). The fourth-order valence-corrected chi connectivity index (χ4v) is 4.60. The van der Waals surface area contributed by atoms with Crippen LogP contribution in [-0.2, 0) is 4.79 Å². The summed E-state index contributed by atoms with van der Waals surface area (Å²) in [6.45, 7) is 0.151. The van der Waals surface area contributed by atoms with Crippen LogP contribution in [0.1, 0.15) is 39.4 Å². The highest BCUT2D eigenvalue weighted by atomic mass is 16.7. The Hall–Kier alpha value is -4.46. The van der Waals surface area contributed by atoms with Crippen LogP contribution >= 0.6 is 0 Å². The Labute approximate surface area is 200 Å². The first-order valence-corrected chi connectivity index (χ1v) is 11.0. The zero-order valence-corrected chi connectivity index (χ0v) is 19.0. The minimum Gasteiger partial charge on any atom is -0.497 e. The summed E-state index contributed by atoms with van der Waals surface area (Å²) in [6, 6.07) is 14.1. The minimum absolute atomic E-state index is 0.103. The Morgan fingerprint density at radius 1 is 0.886 bits per heavy atom. The third kappa shape index (κ3) is 3.45. The van der Waals surface area contributed by atoms with Gasteiger partial charge < -0.3 is 28.4 Å². The van der Waals surface area contributed by atoms with Crippen molar-refractivity contribution in [3.63, 3.8) is 0 Å². The zero-order chi connectivity index (χ0) is 24.1. The van der Waals surface area contributed by atoms with E-state index in [1.807, 2.05) is 18.2 Å². The predicted molar refractivity (Wildman–Crippen MR) is 124 cm³/mol. The lowest BCUT2D eigenvalue weighted by atomic mass is 9.84. The highest BCUT2D eigenvalue weighted by Crippen LogP contribution is 2.50. The van der Waals surface area contributed by atoms with Gasteiger partial charge in [-0.05, 0) is 48.0 Å². The Morgan fingerprint density at radius 3 is 2.54 bits per heavy atom. The molecule has 0 spiro atoms. The molecule has 0 bridgehead atoms. The molecular weight excluding hydrogens is 452 g/mol. The van der Waals surface area contributed by atoms with Crippen LogP contribution < -0.4 is 28.4 Å². The van der Waals surface area contributed by atoms with Crippen molar-refractivity contribution in [1.29, 1.82) is 0 Å². The maximum Gasteiger partial charge on any atom is 0.312 e. The Bertz CT molecular complexity index is 1420. The van der Waals surface area contributed by atoms with E-state index < -0.39 is 0 Å². The van der Waals surface area contributed by atoms with Crippen LogP contribution in [0.2, 0.25) is 0 Å². The van der Waals surface area contributed by atoms with E-state index in [4.69, 9.17) is 28.4 Å². The molecule has 0 saturated heterocycles. The van der Waals surface area contributed by atoms with Gasteiger partial charge in [-0.3, -0.25) is 9.59 Å². The van der Waals surface area contributed by atoms with Crippen LogP contribution in [0.15, 0.2) is 54.3 Å². The second kappa shape index (κ2) is 8.09. The summed E-state index contributed by atoms with van der Waals surface area (Å²) in [5.74, 6) is 2.35. The Morgan fingerprint density at radius 2 is 1.71 bits per heavy atom. The number of ether oxygens (including phenoxy) is 6. The molecule has 176 valence electrons. The third-order valence-corrected chi connectivity index (χ3v) is 6.31. The molecule has 0 aromatic heterocycles. The molecule has 1 atom stereocenters. The van der Waals surface area contributed by atoms with Crippen molar-refractivity contribution in [3.05, 3.63) is 76.5 Å². The Balaban J connectivity index is 1.43. The first-order chi connectivity index (χ1) is 17.1. The first kappa shape index (κ1) is 21.1. The van der Waals surface area contributed by atoms with Crippen LogP contribution in [0.3, 0.4) is 0 Å². The summed E-state index contributed by atoms with van der Waals surface area (Å²) < 4.78 is 33.3. The minimum atomic E-state index is -0.377. The molecule has 0 saturated carbocycles. The van der Waals surface area contributed by atoms with Crippen molar-refractivity contribution in [2.45, 2.75) is 12.3 Å². The van der Waals surface area contributed by atoms with Crippen molar-refractivity contribution < 1.29 is 38.0 Å². The van der Waals surface area contributed by atoms with Crippen molar-refractivity contribution in [1.82, 2.24) is 0 Å². The first-order valence-electron chi connectivity index (χ1n) is 11.0. The normalized spacial score (nSPS) is 18.6. The number of fused-ring (bicyclic) bond motifs is 4. The molecule has 0 aliphatic carbocycles. The summed E-state index contributed by atoms with van der Waals surface area (Å²) in [4.78, 5) is 25.7. The fraction of sp³-hybridized carbons (Fsp3) is 0.185. The van der Waals surface area contributed by atoms with Gasteiger partial charge in [-0.1, -0.05) is 6.07 Å². The molecule has 0 N–H and O–H groups in total. The lowest BCUT2D eigenvalue weighted by Gasteiger charge is -2.26. The fourth-order valence-electron chi connectivity index (χ4n) is 4.60. The summed E-state index contributed by atoms with van der Waals surface area (Å²) in [7, 11) is 3.11.